The van der Waals surface area contributed by atoms with E-state index in [4.69, 9.17) is 4.74 Å². The van der Waals surface area contributed by atoms with E-state index in [0.29, 0.717) is 11.3 Å². The fraction of sp³-hybridized carbons (Fsp3) is 0.720. The van der Waals surface area contributed by atoms with Crippen molar-refractivity contribution < 1.29 is 37.5 Å². The molecule has 0 radical (unpaired) electrons. The molecule has 210 valence electrons. The molecule has 1 unspecified atom stereocenters. The average Bonchev–Trinajstić information content (AvgIpc) is 3.08. The lowest BCUT2D eigenvalue weighted by Crippen LogP contribution is -2.59. The maximum atomic E-state index is 14.5. The predicted molar refractivity (Wildman–Crippen MR) is 133 cm³/mol. The number of carbonyl (C=O) groups is 5. The van der Waals surface area contributed by atoms with Crippen LogP contribution in [0, 0.1) is 5.41 Å². The first-order chi connectivity index (χ1) is 16.8. The summed E-state index contributed by atoms with van der Waals surface area (Å²) >= 11 is 0. The van der Waals surface area contributed by atoms with Crippen LogP contribution in [0.3, 0.4) is 0 Å². The topological polar surface area (TPSA) is 134 Å². The Morgan fingerprint density at radius 3 is 2.19 bits per heavy atom. The van der Waals surface area contributed by atoms with Gasteiger partial charge in [0.05, 0.1) is 12.6 Å². The number of amides is 4. The molecule has 3 N–H and O–H groups in total. The number of Topliss-reactive ketones (excluding diaryl/α,β-unsaturated/α-hetero) is 1. The van der Waals surface area contributed by atoms with Crippen molar-refractivity contribution in [1.29, 1.82) is 0 Å². The van der Waals surface area contributed by atoms with Crippen LogP contribution < -0.4 is 16.0 Å². The summed E-state index contributed by atoms with van der Waals surface area (Å²) in [5, 5.41) is 7.15. The maximum Gasteiger partial charge on any atom is 0.408 e. The van der Waals surface area contributed by atoms with Crippen LogP contribution in [0.4, 0.5) is 13.6 Å². The van der Waals surface area contributed by atoms with Gasteiger partial charge in [0, 0.05) is 13.0 Å². The first kappa shape index (κ1) is 32.0. The van der Waals surface area contributed by atoms with Crippen LogP contribution in [0.15, 0.2) is 12.7 Å². The van der Waals surface area contributed by atoms with E-state index in [1.54, 1.807) is 48.5 Å². The highest BCUT2D eigenvalue weighted by Crippen LogP contribution is 2.34. The summed E-state index contributed by atoms with van der Waals surface area (Å²) in [4.78, 5) is 64.3. The molecular weight excluding hydrogens is 490 g/mol. The minimum atomic E-state index is -3.38. The largest absolute Gasteiger partial charge is 0.444 e. The maximum absolute atomic E-state index is 14.5. The Morgan fingerprint density at radius 1 is 1.11 bits per heavy atom. The van der Waals surface area contributed by atoms with E-state index in [9.17, 15) is 32.8 Å². The van der Waals surface area contributed by atoms with Gasteiger partial charge in [0.1, 0.15) is 17.7 Å². The summed E-state index contributed by atoms with van der Waals surface area (Å²) in [6.07, 6.45) is 0.00435. The molecule has 1 aliphatic heterocycles. The third kappa shape index (κ3) is 9.73. The Balaban J connectivity index is 3.20. The van der Waals surface area contributed by atoms with Gasteiger partial charge in [-0.15, -0.1) is 6.58 Å². The lowest BCUT2D eigenvalue weighted by molar-refractivity contribution is -0.144. The fourth-order valence-corrected chi connectivity index (χ4v) is 3.76. The van der Waals surface area contributed by atoms with Gasteiger partial charge in [0.25, 0.3) is 11.8 Å². The zero-order valence-corrected chi connectivity index (χ0v) is 22.7. The van der Waals surface area contributed by atoms with Gasteiger partial charge in [0.15, 0.2) is 0 Å². The lowest BCUT2D eigenvalue weighted by Gasteiger charge is -2.35. The van der Waals surface area contributed by atoms with Gasteiger partial charge >= 0.3 is 6.09 Å². The summed E-state index contributed by atoms with van der Waals surface area (Å²) < 4.78 is 34.2. The molecule has 12 heteroatoms. The SMILES string of the molecule is C=CCNC(=O)C(=O)C(CCC)NC(=O)[C@@H]1CC(F)(F)CN1C(=O)[C@@H](NC(=O)OC(C)(C)C)C(C)(C)C. The second kappa shape index (κ2) is 12.5. The normalized spacial score (nSPS) is 18.8. The number of halogens is 2. The van der Waals surface area contributed by atoms with E-state index in [0.717, 1.165) is 0 Å². The molecule has 0 aromatic heterocycles. The molecule has 1 rings (SSSR count). The van der Waals surface area contributed by atoms with Crippen molar-refractivity contribution in [3.05, 3.63) is 12.7 Å². The molecule has 0 saturated carbocycles. The molecule has 0 spiro atoms. The van der Waals surface area contributed by atoms with Crippen molar-refractivity contribution >= 4 is 29.6 Å². The number of carbonyl (C=O) groups excluding carboxylic acids is 5. The van der Waals surface area contributed by atoms with Gasteiger partial charge in [-0.1, -0.05) is 40.2 Å². The van der Waals surface area contributed by atoms with Crippen molar-refractivity contribution in [2.45, 2.75) is 97.4 Å². The molecule has 1 aliphatic rings. The van der Waals surface area contributed by atoms with Crippen molar-refractivity contribution in [3.63, 3.8) is 0 Å². The van der Waals surface area contributed by atoms with E-state index >= 15 is 0 Å². The number of ether oxygens (including phenoxy) is 1. The van der Waals surface area contributed by atoms with Crippen molar-refractivity contribution in [2.24, 2.45) is 5.41 Å². The smallest absolute Gasteiger partial charge is 0.408 e. The highest BCUT2D eigenvalue weighted by molar-refractivity contribution is 6.38. The standard InChI is InChI=1S/C25H40F2N4O6/c1-9-11-15(17(32)20(34)28-12-10-2)29-19(33)16-13-25(26,27)14-31(16)21(35)18(23(3,4)5)30-22(36)37-24(6,7)8/h10,15-16,18H,2,9,11-14H2,1,3-8H3,(H,28,34)(H,29,33)(H,30,36)/t15?,16-,18+/m0/s1. The molecule has 0 aromatic rings. The van der Waals surface area contributed by atoms with Crippen molar-refractivity contribution in [3.8, 4) is 0 Å². The van der Waals surface area contributed by atoms with Crippen LogP contribution >= 0.6 is 0 Å². The van der Waals surface area contributed by atoms with Gasteiger partial charge in [-0.25, -0.2) is 13.6 Å². The molecule has 4 amide bonds. The molecule has 1 heterocycles. The Kier molecular flexibility index (Phi) is 10.8. The second-order valence-electron chi connectivity index (χ2n) is 11.2. The number of nitrogens with zero attached hydrogens (tertiary/aromatic N) is 1. The minimum Gasteiger partial charge on any atom is -0.444 e. The third-order valence-corrected chi connectivity index (χ3v) is 5.47. The number of ketones is 1. The second-order valence-corrected chi connectivity index (χ2v) is 11.2. The van der Waals surface area contributed by atoms with Crippen LogP contribution in [0.1, 0.15) is 67.7 Å². The zero-order valence-electron chi connectivity index (χ0n) is 22.7. The van der Waals surface area contributed by atoms with Crippen molar-refractivity contribution in [1.82, 2.24) is 20.9 Å². The number of alkyl carbamates (subject to hydrolysis) is 1. The van der Waals surface area contributed by atoms with Crippen LogP contribution in [0.5, 0.6) is 0 Å². The summed E-state index contributed by atoms with van der Waals surface area (Å²) in [5.74, 6) is -7.13. The molecule has 10 nitrogen and oxygen atoms in total. The van der Waals surface area contributed by atoms with Crippen LogP contribution in [-0.4, -0.2) is 77.2 Å². The van der Waals surface area contributed by atoms with E-state index < -0.39 is 77.6 Å². The fourth-order valence-electron chi connectivity index (χ4n) is 3.76. The van der Waals surface area contributed by atoms with E-state index in [1.807, 2.05) is 0 Å². The van der Waals surface area contributed by atoms with Crippen LogP contribution in [0.25, 0.3) is 0 Å². The molecule has 0 bridgehead atoms. The number of hydrogen-bond acceptors (Lipinski definition) is 6. The summed E-state index contributed by atoms with van der Waals surface area (Å²) in [7, 11) is 0. The monoisotopic (exact) mass is 530 g/mol. The molecule has 3 atom stereocenters. The highest BCUT2D eigenvalue weighted by atomic mass is 19.3. The Morgan fingerprint density at radius 2 is 1.70 bits per heavy atom. The number of nitrogens with one attached hydrogen (secondary N) is 3. The highest BCUT2D eigenvalue weighted by Gasteiger charge is 2.53. The Labute approximate surface area is 216 Å². The summed E-state index contributed by atoms with van der Waals surface area (Å²) in [6.45, 7) is 14.0. The lowest BCUT2D eigenvalue weighted by atomic mass is 9.85. The van der Waals surface area contributed by atoms with E-state index in [1.165, 1.54) is 6.08 Å². The molecule has 1 saturated heterocycles. The van der Waals surface area contributed by atoms with Gasteiger partial charge in [-0.2, -0.15) is 0 Å². The zero-order chi connectivity index (χ0) is 28.8. The summed E-state index contributed by atoms with van der Waals surface area (Å²) in [6, 6.07) is -4.16. The number of alkyl halides is 2. The molecule has 1 fully saturated rings. The first-order valence-electron chi connectivity index (χ1n) is 12.2. The predicted octanol–water partition coefficient (Wildman–Crippen LogP) is 2.32. The van der Waals surface area contributed by atoms with Crippen LogP contribution in [-0.2, 0) is 23.9 Å². The molecule has 0 aromatic carbocycles. The van der Waals surface area contributed by atoms with Gasteiger partial charge in [-0.05, 0) is 32.6 Å². The molecule has 0 aliphatic carbocycles. The van der Waals surface area contributed by atoms with Crippen molar-refractivity contribution in [2.75, 3.05) is 13.1 Å². The van der Waals surface area contributed by atoms with Gasteiger partial charge in [0.2, 0.25) is 17.6 Å². The van der Waals surface area contributed by atoms with E-state index in [2.05, 4.69) is 22.5 Å². The molecular formula is C25H40F2N4O6. The number of rotatable bonds is 10. The van der Waals surface area contributed by atoms with Gasteiger partial charge in [-0.3, -0.25) is 19.2 Å². The quantitative estimate of drug-likeness (QED) is 0.293. The Hall–Kier alpha value is -3.05. The first-order valence-corrected chi connectivity index (χ1v) is 12.2. The molecule has 37 heavy (non-hydrogen) atoms. The van der Waals surface area contributed by atoms with E-state index in [-0.39, 0.29) is 13.0 Å². The van der Waals surface area contributed by atoms with Crippen LogP contribution in [0.2, 0.25) is 0 Å². The number of likely N-dealkylation sites (tertiary alicyclic amines) is 1. The minimum absolute atomic E-state index is 0.0351. The summed E-state index contributed by atoms with van der Waals surface area (Å²) in [5.41, 5.74) is -1.78. The third-order valence-electron chi connectivity index (χ3n) is 5.47. The Bertz CT molecular complexity index is 895. The number of hydrogen-bond donors (Lipinski definition) is 3. The van der Waals surface area contributed by atoms with Gasteiger partial charge < -0.3 is 25.6 Å². The average molecular weight is 531 g/mol.